The van der Waals surface area contributed by atoms with Crippen molar-refractivity contribution in [2.45, 2.75) is 3.79 Å². The summed E-state index contributed by atoms with van der Waals surface area (Å²) in [5, 5.41) is 12.5. The van der Waals surface area contributed by atoms with Gasteiger partial charge in [0.1, 0.15) is 11.5 Å². The second-order valence-electron chi connectivity index (χ2n) is 8.33. The van der Waals surface area contributed by atoms with Crippen LogP contribution < -0.4 is 21.1 Å². The van der Waals surface area contributed by atoms with Crippen LogP contribution in [-0.2, 0) is 14.3 Å². The van der Waals surface area contributed by atoms with Gasteiger partial charge in [-0.2, -0.15) is 8.42 Å². The first-order valence-electron chi connectivity index (χ1n) is 11.3. The highest BCUT2D eigenvalue weighted by Crippen LogP contribution is 2.31. The number of hydrogen-bond acceptors (Lipinski definition) is 9. The molecule has 0 aliphatic carbocycles. The average Bonchev–Trinajstić information content (AvgIpc) is 2.90. The van der Waals surface area contributed by atoms with Gasteiger partial charge in [-0.3, -0.25) is 15.0 Å². The number of rotatable bonds is 9. The van der Waals surface area contributed by atoms with Crippen molar-refractivity contribution < 1.29 is 31.7 Å². The molecule has 0 spiro atoms. The molecule has 0 fully saturated rings. The topological polar surface area (TPSA) is 191 Å². The summed E-state index contributed by atoms with van der Waals surface area (Å²) >= 11 is 17.0. The number of aromatic nitrogens is 1. The molecule has 5 N–H and O–H groups in total. The minimum absolute atomic E-state index is 0.0174. The molecule has 0 atom stereocenters. The van der Waals surface area contributed by atoms with Gasteiger partial charge in [0.25, 0.3) is 11.8 Å². The first-order valence-corrected chi connectivity index (χ1v) is 14.3. The van der Waals surface area contributed by atoms with E-state index >= 15 is 0 Å². The van der Waals surface area contributed by atoms with Crippen molar-refractivity contribution in [2.24, 2.45) is 5.73 Å². The fraction of sp³-hybridized carbons (Fsp3) is 0.160. The molecular formula is C25H22Cl3N5O7S. The number of amidine groups is 1. The second-order valence-corrected chi connectivity index (χ2v) is 12.4. The van der Waals surface area contributed by atoms with Crippen molar-refractivity contribution >= 4 is 74.2 Å². The number of halogens is 3. The summed E-state index contributed by atoms with van der Waals surface area (Å²) in [5.41, 5.74) is 5.67. The fourth-order valence-electron chi connectivity index (χ4n) is 3.42. The van der Waals surface area contributed by atoms with E-state index in [1.807, 2.05) is 0 Å². The highest BCUT2D eigenvalue weighted by molar-refractivity contribution is 7.86. The molecule has 0 bridgehead atoms. The number of alkyl halides is 3. The lowest BCUT2D eigenvalue weighted by Gasteiger charge is -2.16. The molecule has 3 rings (SSSR count). The molecule has 0 unspecified atom stereocenters. The average molecular weight is 643 g/mol. The maximum Gasteiger partial charge on any atom is 0.354 e. The van der Waals surface area contributed by atoms with E-state index in [1.54, 1.807) is 0 Å². The Morgan fingerprint density at radius 2 is 1.59 bits per heavy atom. The van der Waals surface area contributed by atoms with Crippen molar-refractivity contribution in [1.82, 2.24) is 10.3 Å². The van der Waals surface area contributed by atoms with Gasteiger partial charge in [0.05, 0.1) is 25.5 Å². The van der Waals surface area contributed by atoms with E-state index in [1.165, 1.54) is 55.6 Å². The van der Waals surface area contributed by atoms with Crippen LogP contribution in [0.4, 0.5) is 5.69 Å². The fourth-order valence-corrected chi connectivity index (χ4v) is 3.99. The number of nitrogens with two attached hydrogens (primary N) is 1. The maximum absolute atomic E-state index is 13.3. The second kappa shape index (κ2) is 12.7. The van der Waals surface area contributed by atoms with Crippen molar-refractivity contribution in [3.63, 3.8) is 0 Å². The number of ether oxygens (including phenoxy) is 1. The summed E-state index contributed by atoms with van der Waals surface area (Å²) in [6.07, 6.45) is 0.674. The number of methoxy groups -OCH3 is 1. The van der Waals surface area contributed by atoms with Gasteiger partial charge in [0.2, 0.25) is 9.67 Å². The smallest absolute Gasteiger partial charge is 0.354 e. The number of carbonyl (C=O) groups is 3. The molecular weight excluding hydrogens is 621 g/mol. The van der Waals surface area contributed by atoms with Gasteiger partial charge in [-0.25, -0.2) is 9.78 Å². The van der Waals surface area contributed by atoms with Crippen LogP contribution in [0.3, 0.4) is 0 Å². The standard InChI is InChI=1S/C25H22Cl3N5O7S/c1-39-19-10-9-17(20(33-19)23(35)32-15-6-3-13(4-7-15)21(29)30)16-8-5-14(22(34)31-12-25(26,27)28)11-18(16)24(36)40-41(2,37)38/h3-11H,12H2,1-2H3,(H3,29,30)(H,31,34)(H,32,35). The summed E-state index contributed by atoms with van der Waals surface area (Å²) < 4.78 is 31.4. The molecule has 0 radical (unpaired) electrons. The van der Waals surface area contributed by atoms with Crippen LogP contribution in [0.2, 0.25) is 0 Å². The SMILES string of the molecule is COc1ccc(-c2ccc(C(=O)NCC(Cl)(Cl)Cl)cc2C(=O)OS(C)(=O)=O)c(C(=O)Nc2ccc(C(=N)N)cc2)n1. The third kappa shape index (κ3) is 8.79. The van der Waals surface area contributed by atoms with Crippen molar-refractivity contribution in [3.05, 3.63) is 77.0 Å². The molecule has 1 heterocycles. The molecule has 2 aromatic carbocycles. The number of nitrogens with zero attached hydrogens (tertiary/aromatic N) is 1. The number of pyridine rings is 1. The Kier molecular flexibility index (Phi) is 9.81. The first-order chi connectivity index (χ1) is 19.1. The largest absolute Gasteiger partial charge is 0.481 e. The van der Waals surface area contributed by atoms with Crippen LogP contribution in [0.25, 0.3) is 11.1 Å². The summed E-state index contributed by atoms with van der Waals surface area (Å²) in [7, 11) is -2.92. The highest BCUT2D eigenvalue weighted by atomic mass is 35.6. The molecule has 1 aromatic heterocycles. The van der Waals surface area contributed by atoms with Crippen LogP contribution in [0, 0.1) is 5.41 Å². The lowest BCUT2D eigenvalue weighted by molar-refractivity contribution is 0.0748. The molecule has 0 saturated heterocycles. The van der Waals surface area contributed by atoms with Gasteiger partial charge < -0.3 is 25.3 Å². The van der Waals surface area contributed by atoms with Crippen LogP contribution in [0.15, 0.2) is 54.6 Å². The molecule has 3 aromatic rings. The van der Waals surface area contributed by atoms with Gasteiger partial charge in [-0.05, 0) is 48.0 Å². The van der Waals surface area contributed by atoms with Crippen LogP contribution in [0.5, 0.6) is 5.88 Å². The van der Waals surface area contributed by atoms with E-state index in [0.717, 1.165) is 6.07 Å². The van der Waals surface area contributed by atoms with Gasteiger partial charge >= 0.3 is 16.1 Å². The molecule has 0 aliphatic heterocycles. The lowest BCUT2D eigenvalue weighted by atomic mass is 9.95. The zero-order chi connectivity index (χ0) is 30.5. The number of nitrogens with one attached hydrogen (secondary N) is 3. The molecule has 216 valence electrons. The Hall–Kier alpha value is -3.91. The molecule has 16 heteroatoms. The molecule has 41 heavy (non-hydrogen) atoms. The Bertz CT molecular complexity index is 1630. The highest BCUT2D eigenvalue weighted by Gasteiger charge is 2.26. The van der Waals surface area contributed by atoms with Crippen molar-refractivity contribution in [1.29, 1.82) is 5.41 Å². The van der Waals surface area contributed by atoms with Crippen molar-refractivity contribution in [2.75, 3.05) is 25.2 Å². The van der Waals surface area contributed by atoms with E-state index in [-0.39, 0.29) is 46.2 Å². The minimum atomic E-state index is -4.26. The van der Waals surface area contributed by atoms with Crippen LogP contribution >= 0.6 is 34.8 Å². The zero-order valence-corrected chi connectivity index (χ0v) is 24.4. The van der Waals surface area contributed by atoms with E-state index < -0.39 is 31.7 Å². The van der Waals surface area contributed by atoms with Gasteiger partial charge in [-0.1, -0.05) is 40.9 Å². The van der Waals surface area contributed by atoms with Crippen molar-refractivity contribution in [3.8, 4) is 17.0 Å². The number of amides is 2. The predicted molar refractivity (Wildman–Crippen MR) is 155 cm³/mol. The van der Waals surface area contributed by atoms with E-state index in [9.17, 15) is 22.8 Å². The Labute approximate surface area is 249 Å². The third-order valence-corrected chi connectivity index (χ3v) is 6.07. The maximum atomic E-state index is 13.3. The van der Waals surface area contributed by atoms with E-state index in [2.05, 4.69) is 19.8 Å². The molecule has 2 amide bonds. The Balaban J connectivity index is 2.11. The molecule has 0 aliphatic rings. The number of anilines is 1. The summed E-state index contributed by atoms with van der Waals surface area (Å²) in [4.78, 5) is 43.2. The summed E-state index contributed by atoms with van der Waals surface area (Å²) in [5.74, 6) is -2.87. The number of nitrogen functional groups attached to an aromatic ring is 1. The van der Waals surface area contributed by atoms with Crippen LogP contribution in [0.1, 0.15) is 36.8 Å². The zero-order valence-electron chi connectivity index (χ0n) is 21.3. The quantitative estimate of drug-likeness (QED) is 0.117. The predicted octanol–water partition coefficient (Wildman–Crippen LogP) is 3.51. The number of carbonyl (C=O) groups excluding carboxylic acids is 3. The van der Waals surface area contributed by atoms with Gasteiger partial charge in [-0.15, -0.1) is 0 Å². The summed E-state index contributed by atoms with van der Waals surface area (Å²) in [6.45, 7) is -0.360. The number of benzene rings is 2. The third-order valence-electron chi connectivity index (χ3n) is 5.22. The van der Waals surface area contributed by atoms with E-state index in [4.69, 9.17) is 50.7 Å². The van der Waals surface area contributed by atoms with Crippen LogP contribution in [-0.4, -0.2) is 60.7 Å². The van der Waals surface area contributed by atoms with Gasteiger partial charge in [0.15, 0.2) is 0 Å². The normalized spacial score (nSPS) is 11.3. The van der Waals surface area contributed by atoms with E-state index in [0.29, 0.717) is 17.5 Å². The lowest BCUT2D eigenvalue weighted by Crippen LogP contribution is -2.32. The first kappa shape index (κ1) is 31.6. The summed E-state index contributed by atoms with van der Waals surface area (Å²) in [6, 6.07) is 12.6. The Morgan fingerprint density at radius 3 is 2.15 bits per heavy atom. The minimum Gasteiger partial charge on any atom is -0.481 e. The Morgan fingerprint density at radius 1 is 0.976 bits per heavy atom. The monoisotopic (exact) mass is 641 g/mol. The molecule has 12 nitrogen and oxygen atoms in total. The molecule has 0 saturated carbocycles. The van der Waals surface area contributed by atoms with Gasteiger partial charge in [0, 0.05) is 28.4 Å². The number of hydrogen-bond donors (Lipinski definition) is 4.